The summed E-state index contributed by atoms with van der Waals surface area (Å²) < 4.78 is 5.39. The Bertz CT molecular complexity index is 453. The van der Waals surface area contributed by atoms with Crippen molar-refractivity contribution in [3.63, 3.8) is 0 Å². The maximum Gasteiger partial charge on any atom is 0.241 e. The summed E-state index contributed by atoms with van der Waals surface area (Å²) in [6.45, 7) is 1.90. The molecule has 0 unspecified atom stereocenters. The fourth-order valence-electron chi connectivity index (χ4n) is 1.07. The number of hydrogen-bond donors (Lipinski definition) is 2. The number of aryl methyl sites for hydroxylation is 1. The first kappa shape index (κ1) is 9.45. The van der Waals surface area contributed by atoms with Gasteiger partial charge in [0.1, 0.15) is 5.82 Å². The highest BCUT2D eigenvalue weighted by molar-refractivity contribution is 5.33. The molecule has 0 fully saturated rings. The molecule has 78 valence electrons. The standard InChI is InChI=1S/C9H11N5O/c1-6-3-8(14-13-6)15-9-5-11-4-7(10-2)12-9/h3-5H,1-2H3,(H,10,12)(H,13,14). The van der Waals surface area contributed by atoms with Gasteiger partial charge in [-0.15, -0.1) is 5.10 Å². The zero-order valence-electron chi connectivity index (χ0n) is 8.48. The van der Waals surface area contributed by atoms with Crippen LogP contribution >= 0.6 is 0 Å². The van der Waals surface area contributed by atoms with Gasteiger partial charge in [-0.2, -0.15) is 4.98 Å². The van der Waals surface area contributed by atoms with Crippen LogP contribution in [0, 0.1) is 6.92 Å². The highest BCUT2D eigenvalue weighted by Crippen LogP contribution is 2.17. The number of hydrogen-bond acceptors (Lipinski definition) is 5. The van der Waals surface area contributed by atoms with E-state index in [2.05, 4.69) is 25.5 Å². The molecule has 2 N–H and O–H groups in total. The molecule has 0 aliphatic carbocycles. The molecule has 6 nitrogen and oxygen atoms in total. The molecule has 15 heavy (non-hydrogen) atoms. The molecule has 2 aromatic heterocycles. The van der Waals surface area contributed by atoms with Crippen LogP contribution in [-0.4, -0.2) is 27.2 Å². The third kappa shape index (κ3) is 2.22. The fourth-order valence-corrected chi connectivity index (χ4v) is 1.07. The Morgan fingerprint density at radius 2 is 2.20 bits per heavy atom. The second kappa shape index (κ2) is 3.95. The third-order valence-electron chi connectivity index (χ3n) is 1.76. The Labute approximate surface area is 86.7 Å². The van der Waals surface area contributed by atoms with Crippen molar-refractivity contribution in [2.24, 2.45) is 0 Å². The van der Waals surface area contributed by atoms with Gasteiger partial charge in [0.25, 0.3) is 0 Å². The first-order chi connectivity index (χ1) is 7.28. The van der Waals surface area contributed by atoms with E-state index < -0.39 is 0 Å². The zero-order valence-corrected chi connectivity index (χ0v) is 8.48. The number of rotatable bonds is 3. The summed E-state index contributed by atoms with van der Waals surface area (Å²) in [6, 6.07) is 1.79. The Hall–Kier alpha value is -2.11. The summed E-state index contributed by atoms with van der Waals surface area (Å²) in [7, 11) is 1.77. The second-order valence-electron chi connectivity index (χ2n) is 2.98. The quantitative estimate of drug-likeness (QED) is 0.790. The number of aromatic amines is 1. The maximum absolute atomic E-state index is 5.39. The lowest BCUT2D eigenvalue weighted by atomic mass is 10.5. The van der Waals surface area contributed by atoms with Crippen LogP contribution in [-0.2, 0) is 0 Å². The number of anilines is 1. The van der Waals surface area contributed by atoms with Gasteiger partial charge in [-0.05, 0) is 6.92 Å². The van der Waals surface area contributed by atoms with E-state index in [4.69, 9.17) is 4.74 Å². The van der Waals surface area contributed by atoms with Crippen LogP contribution in [0.4, 0.5) is 5.82 Å². The van der Waals surface area contributed by atoms with Crippen LogP contribution in [0.5, 0.6) is 11.8 Å². The van der Waals surface area contributed by atoms with Gasteiger partial charge < -0.3 is 10.1 Å². The van der Waals surface area contributed by atoms with Crippen molar-refractivity contribution < 1.29 is 4.74 Å². The van der Waals surface area contributed by atoms with Crippen LogP contribution in [0.25, 0.3) is 0 Å². The highest BCUT2D eigenvalue weighted by atomic mass is 16.5. The Balaban J connectivity index is 2.16. The maximum atomic E-state index is 5.39. The van der Waals surface area contributed by atoms with Gasteiger partial charge in [0.05, 0.1) is 12.4 Å². The van der Waals surface area contributed by atoms with Crippen molar-refractivity contribution in [2.75, 3.05) is 12.4 Å². The lowest BCUT2D eigenvalue weighted by Crippen LogP contribution is -1.95. The molecule has 0 radical (unpaired) electrons. The second-order valence-corrected chi connectivity index (χ2v) is 2.98. The number of aromatic nitrogens is 4. The van der Waals surface area contributed by atoms with Gasteiger partial charge >= 0.3 is 0 Å². The summed E-state index contributed by atoms with van der Waals surface area (Å²) >= 11 is 0. The van der Waals surface area contributed by atoms with Gasteiger partial charge in [-0.3, -0.25) is 10.1 Å². The molecular weight excluding hydrogens is 194 g/mol. The molecular formula is C9H11N5O. The van der Waals surface area contributed by atoms with Crippen LogP contribution in [0.3, 0.4) is 0 Å². The molecule has 2 rings (SSSR count). The van der Waals surface area contributed by atoms with E-state index in [0.29, 0.717) is 17.6 Å². The largest absolute Gasteiger partial charge is 0.417 e. The fraction of sp³-hybridized carbons (Fsp3) is 0.222. The van der Waals surface area contributed by atoms with Crippen molar-refractivity contribution >= 4 is 5.82 Å². The van der Waals surface area contributed by atoms with Crippen LogP contribution in [0.1, 0.15) is 5.69 Å². The molecule has 2 aromatic rings. The molecule has 0 aliphatic heterocycles. The lowest BCUT2D eigenvalue weighted by molar-refractivity contribution is 0.441. The number of nitrogens with one attached hydrogen (secondary N) is 2. The highest BCUT2D eigenvalue weighted by Gasteiger charge is 2.02. The first-order valence-corrected chi connectivity index (χ1v) is 4.47. The summed E-state index contributed by atoms with van der Waals surface area (Å²) in [5.74, 6) is 1.54. The topological polar surface area (TPSA) is 75.7 Å². The van der Waals surface area contributed by atoms with Gasteiger partial charge in [-0.25, -0.2) is 0 Å². The molecule has 6 heteroatoms. The van der Waals surface area contributed by atoms with Crippen molar-refractivity contribution in [3.05, 3.63) is 24.2 Å². The molecule has 0 bridgehead atoms. The van der Waals surface area contributed by atoms with E-state index in [9.17, 15) is 0 Å². The number of ether oxygens (including phenoxy) is 1. The number of nitrogens with zero attached hydrogens (tertiary/aromatic N) is 3. The summed E-state index contributed by atoms with van der Waals surface area (Å²) in [5.41, 5.74) is 0.933. The van der Waals surface area contributed by atoms with E-state index >= 15 is 0 Å². The first-order valence-electron chi connectivity index (χ1n) is 4.47. The van der Waals surface area contributed by atoms with Gasteiger partial charge in [0, 0.05) is 18.8 Å². The molecule has 0 spiro atoms. The molecule has 0 atom stereocenters. The number of H-pyrrole nitrogens is 1. The molecule has 2 heterocycles. The van der Waals surface area contributed by atoms with Gasteiger partial charge in [0.15, 0.2) is 0 Å². The smallest absolute Gasteiger partial charge is 0.241 e. The van der Waals surface area contributed by atoms with E-state index in [0.717, 1.165) is 5.69 Å². The molecule has 0 saturated heterocycles. The average molecular weight is 205 g/mol. The van der Waals surface area contributed by atoms with E-state index in [1.54, 1.807) is 19.3 Å². The lowest BCUT2D eigenvalue weighted by Gasteiger charge is -2.02. The third-order valence-corrected chi connectivity index (χ3v) is 1.76. The Morgan fingerprint density at radius 3 is 2.87 bits per heavy atom. The van der Waals surface area contributed by atoms with Crippen molar-refractivity contribution in [3.8, 4) is 11.8 Å². The van der Waals surface area contributed by atoms with Crippen molar-refractivity contribution in [2.45, 2.75) is 6.92 Å². The minimum absolute atomic E-state index is 0.411. The molecule has 0 saturated carbocycles. The van der Waals surface area contributed by atoms with E-state index in [1.165, 1.54) is 6.20 Å². The zero-order chi connectivity index (χ0) is 10.7. The predicted octanol–water partition coefficient (Wildman–Crippen LogP) is 1.34. The van der Waals surface area contributed by atoms with E-state index in [1.807, 2.05) is 6.92 Å². The van der Waals surface area contributed by atoms with Gasteiger partial charge in [-0.1, -0.05) is 0 Å². The van der Waals surface area contributed by atoms with E-state index in [-0.39, 0.29) is 0 Å². The van der Waals surface area contributed by atoms with Crippen molar-refractivity contribution in [1.82, 2.24) is 20.2 Å². The molecule has 0 aliphatic rings. The van der Waals surface area contributed by atoms with Crippen LogP contribution in [0.15, 0.2) is 18.5 Å². The molecule has 0 amide bonds. The summed E-state index contributed by atoms with van der Waals surface area (Å²) in [5, 5.41) is 9.59. The summed E-state index contributed by atoms with van der Waals surface area (Å²) in [4.78, 5) is 8.12. The van der Waals surface area contributed by atoms with Crippen LogP contribution < -0.4 is 10.1 Å². The normalized spacial score (nSPS) is 10.0. The minimum Gasteiger partial charge on any atom is -0.417 e. The average Bonchev–Trinajstić information content (AvgIpc) is 2.64. The Kier molecular flexibility index (Phi) is 2.49. The minimum atomic E-state index is 0.411. The monoisotopic (exact) mass is 205 g/mol. The van der Waals surface area contributed by atoms with Gasteiger partial charge in [0.2, 0.25) is 11.8 Å². The predicted molar refractivity (Wildman–Crippen MR) is 55.0 cm³/mol. The Morgan fingerprint density at radius 1 is 1.33 bits per heavy atom. The van der Waals surface area contributed by atoms with Crippen molar-refractivity contribution in [1.29, 1.82) is 0 Å². The molecule has 0 aromatic carbocycles. The SMILES string of the molecule is CNc1cncc(Oc2cc(C)[nH]n2)n1. The summed E-state index contributed by atoms with van der Waals surface area (Å²) in [6.07, 6.45) is 3.15. The van der Waals surface area contributed by atoms with Crippen LogP contribution in [0.2, 0.25) is 0 Å².